The van der Waals surface area contributed by atoms with Crippen molar-refractivity contribution in [2.45, 2.75) is 52.2 Å². The summed E-state index contributed by atoms with van der Waals surface area (Å²) in [6, 6.07) is 11.7. The highest BCUT2D eigenvalue weighted by Gasteiger charge is 2.30. The average molecular weight is 477 g/mol. The van der Waals surface area contributed by atoms with Crippen molar-refractivity contribution in [2.75, 3.05) is 20.8 Å². The lowest BCUT2D eigenvalue weighted by molar-refractivity contribution is -0.143. The molecule has 7 nitrogen and oxygen atoms in total. The zero-order chi connectivity index (χ0) is 24.4. The number of carbonyl (C=O) groups is 2. The molecule has 0 unspecified atom stereocenters. The Morgan fingerprint density at radius 3 is 2.15 bits per heavy atom. The Morgan fingerprint density at radius 2 is 1.61 bits per heavy atom. The number of rotatable bonds is 12. The maximum atomic E-state index is 13.3. The summed E-state index contributed by atoms with van der Waals surface area (Å²) in [7, 11) is 3.08. The van der Waals surface area contributed by atoms with Gasteiger partial charge in [-0.25, -0.2) is 0 Å². The highest BCUT2D eigenvalue weighted by atomic mass is 35.5. The van der Waals surface area contributed by atoms with Crippen molar-refractivity contribution in [3.63, 3.8) is 0 Å². The van der Waals surface area contributed by atoms with Crippen LogP contribution >= 0.6 is 11.6 Å². The van der Waals surface area contributed by atoms with Crippen LogP contribution in [0.2, 0.25) is 5.02 Å². The van der Waals surface area contributed by atoms with Gasteiger partial charge in [0.15, 0.2) is 6.61 Å². The monoisotopic (exact) mass is 476 g/mol. The predicted octanol–water partition coefficient (Wildman–Crippen LogP) is 4.46. The fourth-order valence-corrected chi connectivity index (χ4v) is 3.46. The Balaban J connectivity index is 2.27. The number of ether oxygens (including phenoxy) is 3. The van der Waals surface area contributed by atoms with E-state index >= 15 is 0 Å². The van der Waals surface area contributed by atoms with Crippen LogP contribution in [0, 0.1) is 0 Å². The molecule has 0 aromatic heterocycles. The second kappa shape index (κ2) is 12.9. The van der Waals surface area contributed by atoms with Gasteiger partial charge < -0.3 is 24.4 Å². The molecule has 33 heavy (non-hydrogen) atoms. The highest BCUT2D eigenvalue weighted by molar-refractivity contribution is 6.31. The van der Waals surface area contributed by atoms with Gasteiger partial charge in [-0.3, -0.25) is 9.59 Å². The number of carbonyl (C=O) groups excluding carboxylic acids is 2. The van der Waals surface area contributed by atoms with E-state index in [9.17, 15) is 9.59 Å². The molecule has 2 atom stereocenters. The second-order valence-electron chi connectivity index (χ2n) is 7.69. The van der Waals surface area contributed by atoms with Gasteiger partial charge in [-0.05, 0) is 31.4 Å². The molecule has 2 aromatic rings. The van der Waals surface area contributed by atoms with Gasteiger partial charge in [0.1, 0.15) is 23.3 Å². The van der Waals surface area contributed by atoms with Crippen LogP contribution in [0.25, 0.3) is 0 Å². The molecule has 8 heteroatoms. The van der Waals surface area contributed by atoms with Crippen LogP contribution in [0.3, 0.4) is 0 Å². The summed E-state index contributed by atoms with van der Waals surface area (Å²) in [5, 5.41) is 3.51. The minimum absolute atomic E-state index is 0.00399. The first kappa shape index (κ1) is 26.3. The van der Waals surface area contributed by atoms with Crippen LogP contribution < -0.4 is 19.5 Å². The molecular formula is C25H33ClN2O5. The first-order valence-corrected chi connectivity index (χ1v) is 11.4. The van der Waals surface area contributed by atoms with Crippen molar-refractivity contribution >= 4 is 23.4 Å². The Bertz CT molecular complexity index is 915. The molecule has 0 spiro atoms. The lowest BCUT2D eigenvalue weighted by atomic mass is 10.1. The smallest absolute Gasteiger partial charge is 0.261 e. The number of nitrogens with zero attached hydrogens (tertiary/aromatic N) is 1. The van der Waals surface area contributed by atoms with E-state index in [4.69, 9.17) is 25.8 Å². The minimum atomic E-state index is -0.661. The number of halogens is 1. The van der Waals surface area contributed by atoms with E-state index in [0.29, 0.717) is 28.7 Å². The number of nitrogens with one attached hydrogen (secondary N) is 1. The molecule has 0 saturated heterocycles. The van der Waals surface area contributed by atoms with E-state index in [1.807, 2.05) is 39.0 Å². The van der Waals surface area contributed by atoms with Crippen molar-refractivity contribution in [2.24, 2.45) is 0 Å². The van der Waals surface area contributed by atoms with Gasteiger partial charge in [0, 0.05) is 35.8 Å². The molecule has 0 aliphatic rings. The SMILES string of the molecule is CC[C@@H](C)NC(=O)[C@@H](CC)N(Cc1ccccc1Cl)C(=O)COc1cc(OC)cc(OC)c1. The number of amides is 2. The molecule has 180 valence electrons. The molecule has 0 bridgehead atoms. The third-order valence-electron chi connectivity index (χ3n) is 5.37. The van der Waals surface area contributed by atoms with Crippen LogP contribution in [0.1, 0.15) is 39.2 Å². The van der Waals surface area contributed by atoms with E-state index in [0.717, 1.165) is 12.0 Å². The van der Waals surface area contributed by atoms with E-state index in [1.54, 1.807) is 24.3 Å². The second-order valence-corrected chi connectivity index (χ2v) is 8.10. The molecule has 1 N–H and O–H groups in total. The summed E-state index contributed by atoms with van der Waals surface area (Å²) < 4.78 is 16.3. The Hall–Kier alpha value is -2.93. The van der Waals surface area contributed by atoms with Crippen molar-refractivity contribution < 1.29 is 23.8 Å². The fourth-order valence-electron chi connectivity index (χ4n) is 3.26. The van der Waals surface area contributed by atoms with Crippen LogP contribution in [0.4, 0.5) is 0 Å². The van der Waals surface area contributed by atoms with Crippen LogP contribution in [0.5, 0.6) is 17.2 Å². The number of methoxy groups -OCH3 is 2. The van der Waals surface area contributed by atoms with Gasteiger partial charge in [-0.2, -0.15) is 0 Å². The molecule has 0 radical (unpaired) electrons. The molecule has 0 aliphatic carbocycles. The number of hydrogen-bond donors (Lipinski definition) is 1. The Labute approximate surface area is 201 Å². The first-order chi connectivity index (χ1) is 15.8. The maximum absolute atomic E-state index is 13.3. The fraction of sp³-hybridized carbons (Fsp3) is 0.440. The minimum Gasteiger partial charge on any atom is -0.496 e. The van der Waals surface area contributed by atoms with Gasteiger partial charge in [0.05, 0.1) is 14.2 Å². The van der Waals surface area contributed by atoms with Crippen LogP contribution in [0.15, 0.2) is 42.5 Å². The lowest BCUT2D eigenvalue weighted by Crippen LogP contribution is -2.51. The van der Waals surface area contributed by atoms with Gasteiger partial charge in [-0.15, -0.1) is 0 Å². The molecule has 2 amide bonds. The Kier molecular flexibility index (Phi) is 10.3. The Morgan fingerprint density at radius 1 is 1.00 bits per heavy atom. The zero-order valence-corrected chi connectivity index (χ0v) is 20.6. The molecule has 0 fully saturated rings. The zero-order valence-electron chi connectivity index (χ0n) is 19.9. The van der Waals surface area contributed by atoms with Gasteiger partial charge in [0.25, 0.3) is 5.91 Å². The van der Waals surface area contributed by atoms with Gasteiger partial charge in [-0.1, -0.05) is 43.6 Å². The van der Waals surface area contributed by atoms with Crippen molar-refractivity contribution in [1.29, 1.82) is 0 Å². The van der Waals surface area contributed by atoms with Crippen LogP contribution in [-0.4, -0.2) is 49.6 Å². The van der Waals surface area contributed by atoms with Gasteiger partial charge >= 0.3 is 0 Å². The van der Waals surface area contributed by atoms with Crippen molar-refractivity contribution in [3.8, 4) is 17.2 Å². The lowest BCUT2D eigenvalue weighted by Gasteiger charge is -2.31. The average Bonchev–Trinajstić information content (AvgIpc) is 2.83. The first-order valence-electron chi connectivity index (χ1n) is 11.0. The topological polar surface area (TPSA) is 77.1 Å². The molecular weight excluding hydrogens is 444 g/mol. The summed E-state index contributed by atoms with van der Waals surface area (Å²) in [6.07, 6.45) is 1.24. The normalized spacial score (nSPS) is 12.4. The highest BCUT2D eigenvalue weighted by Crippen LogP contribution is 2.27. The summed E-state index contributed by atoms with van der Waals surface area (Å²) in [5.74, 6) is 0.987. The van der Waals surface area contributed by atoms with Crippen molar-refractivity contribution in [3.05, 3.63) is 53.1 Å². The van der Waals surface area contributed by atoms with E-state index < -0.39 is 6.04 Å². The predicted molar refractivity (Wildman–Crippen MR) is 129 cm³/mol. The summed E-state index contributed by atoms with van der Waals surface area (Å²) in [5.41, 5.74) is 0.755. The van der Waals surface area contributed by atoms with E-state index in [-0.39, 0.29) is 31.0 Å². The largest absolute Gasteiger partial charge is 0.496 e. The standard InChI is InChI=1S/C25H33ClN2O5/c1-6-17(3)27-25(30)23(7-2)28(15-18-10-8-9-11-22(18)26)24(29)16-33-21-13-19(31-4)12-20(14-21)32-5/h8-14,17,23H,6-7,15-16H2,1-5H3,(H,27,30)/t17-,23-/m1/s1. The maximum Gasteiger partial charge on any atom is 0.261 e. The van der Waals surface area contributed by atoms with E-state index in [2.05, 4.69) is 5.32 Å². The molecule has 0 saturated carbocycles. The van der Waals surface area contributed by atoms with Crippen LogP contribution in [-0.2, 0) is 16.1 Å². The molecule has 2 aromatic carbocycles. The number of benzene rings is 2. The molecule has 2 rings (SSSR count). The summed E-state index contributed by atoms with van der Waals surface area (Å²) in [4.78, 5) is 27.8. The summed E-state index contributed by atoms with van der Waals surface area (Å²) in [6.45, 7) is 5.74. The quantitative estimate of drug-likeness (QED) is 0.489. The van der Waals surface area contributed by atoms with E-state index in [1.165, 1.54) is 19.1 Å². The molecule has 0 aliphatic heterocycles. The third kappa shape index (κ3) is 7.56. The molecule has 0 heterocycles. The summed E-state index contributed by atoms with van der Waals surface area (Å²) >= 11 is 6.35. The van der Waals surface area contributed by atoms with Gasteiger partial charge in [0.2, 0.25) is 5.91 Å². The third-order valence-corrected chi connectivity index (χ3v) is 5.74. The van der Waals surface area contributed by atoms with Crippen molar-refractivity contribution in [1.82, 2.24) is 10.2 Å². The number of hydrogen-bond acceptors (Lipinski definition) is 5.